The van der Waals surface area contributed by atoms with Crippen LogP contribution in [0.15, 0.2) is 64.0 Å². The van der Waals surface area contributed by atoms with E-state index in [1.807, 2.05) is 25.1 Å². The molecule has 3 rings (SSSR count). The van der Waals surface area contributed by atoms with Gasteiger partial charge in [0, 0.05) is 47.3 Å². The first-order valence-electron chi connectivity index (χ1n) is 11.5. The Morgan fingerprint density at radius 1 is 1.16 bits per heavy atom. The van der Waals surface area contributed by atoms with Crippen LogP contribution in [0.3, 0.4) is 0 Å². The second kappa shape index (κ2) is 12.3. The standard InChI is InChI=1S/C25H30N6O5S/c1-5-36-25(34)31-37(4,35)21-11-9-19(10-12-21)29-24-26-14-22(23(30-24)27-16(2)15-32)18-7-6-8-20(13-18)28-17(3)33/h6-14,16,32H,5,15H2,1-4H3,(H,28,33)(H2,26,27,29,30)/t16-,37?/m1/s1. The van der Waals surface area contributed by atoms with E-state index in [4.69, 9.17) is 4.74 Å². The third-order valence-corrected chi connectivity index (χ3v) is 6.65. The lowest BCUT2D eigenvalue weighted by molar-refractivity contribution is -0.114. The molecular formula is C25H30N6O5S. The van der Waals surface area contributed by atoms with E-state index >= 15 is 0 Å². The summed E-state index contributed by atoms with van der Waals surface area (Å²) in [4.78, 5) is 32.5. The van der Waals surface area contributed by atoms with Crippen molar-refractivity contribution in [2.24, 2.45) is 4.36 Å². The molecule has 12 heteroatoms. The molecule has 3 aromatic rings. The van der Waals surface area contributed by atoms with Gasteiger partial charge in [-0.15, -0.1) is 4.36 Å². The van der Waals surface area contributed by atoms with Gasteiger partial charge in [-0.05, 0) is 55.8 Å². The van der Waals surface area contributed by atoms with Gasteiger partial charge in [0.2, 0.25) is 11.9 Å². The molecule has 0 spiro atoms. The number of ether oxygens (including phenoxy) is 1. The topological polar surface area (TPSA) is 155 Å². The van der Waals surface area contributed by atoms with Crippen LogP contribution in [0.1, 0.15) is 20.8 Å². The molecule has 1 unspecified atom stereocenters. The first-order chi connectivity index (χ1) is 17.6. The maximum absolute atomic E-state index is 12.8. The van der Waals surface area contributed by atoms with E-state index in [0.717, 1.165) is 5.56 Å². The highest BCUT2D eigenvalue weighted by molar-refractivity contribution is 7.93. The van der Waals surface area contributed by atoms with E-state index in [1.54, 1.807) is 43.5 Å². The number of carbonyl (C=O) groups is 2. The minimum Gasteiger partial charge on any atom is -0.448 e. The van der Waals surface area contributed by atoms with Crippen molar-refractivity contribution in [3.63, 3.8) is 0 Å². The number of benzene rings is 2. The van der Waals surface area contributed by atoms with Gasteiger partial charge in [0.1, 0.15) is 5.82 Å². The molecule has 11 nitrogen and oxygen atoms in total. The van der Waals surface area contributed by atoms with E-state index in [2.05, 4.69) is 30.3 Å². The summed E-state index contributed by atoms with van der Waals surface area (Å²) in [5.74, 6) is 0.593. The van der Waals surface area contributed by atoms with Crippen molar-refractivity contribution in [3.8, 4) is 11.1 Å². The van der Waals surface area contributed by atoms with Gasteiger partial charge in [0.15, 0.2) is 0 Å². The molecule has 0 saturated carbocycles. The fraction of sp³-hybridized carbons (Fsp3) is 0.280. The molecule has 4 N–H and O–H groups in total. The van der Waals surface area contributed by atoms with Gasteiger partial charge >= 0.3 is 6.09 Å². The van der Waals surface area contributed by atoms with Gasteiger partial charge < -0.3 is 25.8 Å². The van der Waals surface area contributed by atoms with Crippen molar-refractivity contribution in [2.45, 2.75) is 31.7 Å². The lowest BCUT2D eigenvalue weighted by Gasteiger charge is -2.17. The van der Waals surface area contributed by atoms with Crippen LogP contribution in [0.2, 0.25) is 0 Å². The van der Waals surface area contributed by atoms with Crippen molar-refractivity contribution >= 4 is 44.9 Å². The SMILES string of the molecule is CCOC(=O)N=S(C)(=O)c1ccc(Nc2ncc(-c3cccc(NC(C)=O)c3)c(N[C@H](C)CO)n2)cc1. The van der Waals surface area contributed by atoms with Crippen LogP contribution in [0, 0.1) is 0 Å². The van der Waals surface area contributed by atoms with Crippen LogP contribution >= 0.6 is 0 Å². The second-order valence-corrected chi connectivity index (χ2v) is 10.4. The third kappa shape index (κ3) is 7.72. The predicted molar refractivity (Wildman–Crippen MR) is 143 cm³/mol. The number of hydrogen-bond acceptors (Lipinski definition) is 9. The number of aromatic nitrogens is 2. The number of aliphatic hydroxyl groups is 1. The molecule has 0 aliphatic carbocycles. The molecule has 1 heterocycles. The fourth-order valence-corrected chi connectivity index (χ4v) is 4.36. The average molecular weight is 527 g/mol. The number of hydrogen-bond donors (Lipinski definition) is 4. The number of aliphatic hydroxyl groups excluding tert-OH is 1. The molecule has 0 aliphatic heterocycles. The quantitative estimate of drug-likeness (QED) is 0.320. The predicted octanol–water partition coefficient (Wildman–Crippen LogP) is 4.25. The monoisotopic (exact) mass is 526 g/mol. The summed E-state index contributed by atoms with van der Waals surface area (Å²) in [6, 6.07) is 13.5. The number of rotatable bonds is 9. The summed E-state index contributed by atoms with van der Waals surface area (Å²) >= 11 is 0. The van der Waals surface area contributed by atoms with Crippen molar-refractivity contribution < 1.29 is 23.6 Å². The Hall–Kier alpha value is -4.03. The van der Waals surface area contributed by atoms with Crippen LogP contribution in [-0.2, 0) is 19.3 Å². The summed E-state index contributed by atoms with van der Waals surface area (Å²) in [7, 11) is -2.96. The molecule has 2 atom stereocenters. The Balaban J connectivity index is 1.89. The normalized spacial score (nSPS) is 13.1. The summed E-state index contributed by atoms with van der Waals surface area (Å²) in [5, 5.41) is 18.6. The Morgan fingerprint density at radius 3 is 2.54 bits per heavy atom. The Morgan fingerprint density at radius 2 is 1.89 bits per heavy atom. The average Bonchev–Trinajstić information content (AvgIpc) is 2.84. The van der Waals surface area contributed by atoms with E-state index in [1.165, 1.54) is 13.2 Å². The molecule has 37 heavy (non-hydrogen) atoms. The van der Waals surface area contributed by atoms with Crippen LogP contribution in [0.4, 0.5) is 27.9 Å². The first kappa shape index (κ1) is 27.6. The molecule has 0 radical (unpaired) electrons. The summed E-state index contributed by atoms with van der Waals surface area (Å²) in [6.45, 7) is 4.94. The molecule has 0 aliphatic rings. The summed E-state index contributed by atoms with van der Waals surface area (Å²) in [5.41, 5.74) is 2.71. The number of anilines is 4. The number of carbonyl (C=O) groups excluding carboxylic acids is 2. The van der Waals surface area contributed by atoms with Gasteiger partial charge in [0.25, 0.3) is 0 Å². The van der Waals surface area contributed by atoms with Crippen molar-refractivity contribution in [1.82, 2.24) is 9.97 Å². The van der Waals surface area contributed by atoms with Crippen molar-refractivity contribution in [1.29, 1.82) is 0 Å². The Labute approximate surface area is 215 Å². The fourth-order valence-electron chi connectivity index (χ4n) is 3.27. The zero-order chi connectivity index (χ0) is 27.0. The van der Waals surface area contributed by atoms with Gasteiger partial charge in [-0.2, -0.15) is 4.98 Å². The number of nitrogens with one attached hydrogen (secondary N) is 3. The van der Waals surface area contributed by atoms with E-state index < -0.39 is 15.8 Å². The Kier molecular flexibility index (Phi) is 9.15. The molecular weight excluding hydrogens is 496 g/mol. The van der Waals surface area contributed by atoms with Crippen molar-refractivity contribution in [2.75, 3.05) is 35.4 Å². The Bertz CT molecular complexity index is 1390. The van der Waals surface area contributed by atoms with Gasteiger partial charge in [0.05, 0.1) is 22.9 Å². The zero-order valence-electron chi connectivity index (χ0n) is 21.0. The summed E-state index contributed by atoms with van der Waals surface area (Å²) in [6.07, 6.45) is 2.14. The third-order valence-electron chi connectivity index (χ3n) is 5.00. The highest BCUT2D eigenvalue weighted by Crippen LogP contribution is 2.30. The van der Waals surface area contributed by atoms with Gasteiger partial charge in [-0.25, -0.2) is 14.0 Å². The molecule has 2 aromatic carbocycles. The minimum atomic E-state index is -2.96. The largest absolute Gasteiger partial charge is 0.448 e. The molecule has 0 saturated heterocycles. The highest BCUT2D eigenvalue weighted by Gasteiger charge is 2.14. The lowest BCUT2D eigenvalue weighted by Crippen LogP contribution is -2.21. The molecule has 196 valence electrons. The molecule has 0 fully saturated rings. The first-order valence-corrected chi connectivity index (χ1v) is 13.4. The number of amides is 2. The lowest BCUT2D eigenvalue weighted by atomic mass is 10.1. The molecule has 0 bridgehead atoms. The molecule has 2 amide bonds. The van der Waals surface area contributed by atoms with E-state index in [-0.39, 0.29) is 31.1 Å². The van der Waals surface area contributed by atoms with Gasteiger partial charge in [-0.3, -0.25) is 4.79 Å². The van der Waals surface area contributed by atoms with Crippen LogP contribution in [-0.4, -0.2) is 56.8 Å². The van der Waals surface area contributed by atoms with E-state index in [9.17, 15) is 18.9 Å². The minimum absolute atomic E-state index is 0.104. The van der Waals surface area contributed by atoms with Gasteiger partial charge in [-0.1, -0.05) is 12.1 Å². The maximum atomic E-state index is 12.8. The zero-order valence-corrected chi connectivity index (χ0v) is 21.8. The van der Waals surface area contributed by atoms with Crippen LogP contribution in [0.5, 0.6) is 0 Å². The highest BCUT2D eigenvalue weighted by atomic mass is 32.2. The smallest absolute Gasteiger partial charge is 0.442 e. The maximum Gasteiger partial charge on any atom is 0.442 e. The van der Waals surface area contributed by atoms with Crippen LogP contribution < -0.4 is 16.0 Å². The van der Waals surface area contributed by atoms with Crippen LogP contribution in [0.25, 0.3) is 11.1 Å². The van der Waals surface area contributed by atoms with E-state index in [0.29, 0.717) is 27.7 Å². The molecule has 1 aromatic heterocycles. The van der Waals surface area contributed by atoms with Crippen molar-refractivity contribution in [3.05, 3.63) is 54.7 Å². The summed E-state index contributed by atoms with van der Waals surface area (Å²) < 4.78 is 21.2. The second-order valence-electron chi connectivity index (χ2n) is 8.19. The number of nitrogens with zero attached hydrogens (tertiary/aromatic N) is 3.